The lowest BCUT2D eigenvalue weighted by atomic mass is 9.82. The van der Waals surface area contributed by atoms with Crippen LogP contribution in [0.5, 0.6) is 0 Å². The van der Waals surface area contributed by atoms with Gasteiger partial charge in [-0.2, -0.15) is 4.74 Å². The molecule has 1 aromatic rings. The summed E-state index contributed by atoms with van der Waals surface area (Å²) in [7, 11) is 0. The maximum absolute atomic E-state index is 12.8. The van der Waals surface area contributed by atoms with Gasteiger partial charge in [-0.05, 0) is 37.1 Å². The molecule has 1 fully saturated rings. The summed E-state index contributed by atoms with van der Waals surface area (Å²) < 4.78 is 13.5. The predicted molar refractivity (Wildman–Crippen MR) is 67.1 cm³/mol. The number of nitrogens with zero attached hydrogens (tertiary/aromatic N) is 1. The Morgan fingerprint density at radius 3 is 2.61 bits per heavy atom. The molecule has 3 nitrogen and oxygen atoms in total. The van der Waals surface area contributed by atoms with Gasteiger partial charge in [-0.1, -0.05) is 0 Å². The second-order valence-corrected chi connectivity index (χ2v) is 4.91. The number of halogens is 1. The molecule has 0 heterocycles. The van der Waals surface area contributed by atoms with Crippen LogP contribution in [0.15, 0.2) is 24.3 Å². The Balaban J connectivity index is 2.26. The summed E-state index contributed by atoms with van der Waals surface area (Å²) in [6.07, 6.45) is 4.15. The third-order valence-electron chi connectivity index (χ3n) is 3.54. The van der Waals surface area contributed by atoms with Gasteiger partial charge >= 0.3 is 0 Å². The molecule has 0 saturated heterocycles. The number of ketones is 1. The van der Waals surface area contributed by atoms with Crippen LogP contribution in [0.3, 0.4) is 0 Å². The molecular formula is C14H16FNO2. The molecule has 2 rings (SSSR count). The van der Waals surface area contributed by atoms with Crippen molar-refractivity contribution in [2.75, 3.05) is 0 Å². The first kappa shape index (κ1) is 12.7. The molecule has 1 aromatic carbocycles. The fourth-order valence-corrected chi connectivity index (χ4v) is 2.22. The van der Waals surface area contributed by atoms with Crippen LogP contribution in [-0.4, -0.2) is 22.3 Å². The summed E-state index contributed by atoms with van der Waals surface area (Å²) >= 11 is 0. The molecule has 18 heavy (non-hydrogen) atoms. The summed E-state index contributed by atoms with van der Waals surface area (Å²) in [4.78, 5) is 11.9. The van der Waals surface area contributed by atoms with E-state index >= 15 is 0 Å². The van der Waals surface area contributed by atoms with Crippen LogP contribution in [0, 0.1) is 11.0 Å². The van der Waals surface area contributed by atoms with E-state index in [-0.39, 0.29) is 11.6 Å². The molecule has 1 atom stereocenters. The maximum Gasteiger partial charge on any atom is 0.227 e. The van der Waals surface area contributed by atoms with Crippen molar-refractivity contribution in [2.45, 2.75) is 38.1 Å². The molecule has 0 aliphatic heterocycles. The van der Waals surface area contributed by atoms with Gasteiger partial charge in [0, 0.05) is 25.3 Å². The van der Waals surface area contributed by atoms with E-state index in [1.54, 1.807) is 6.92 Å². The van der Waals surface area contributed by atoms with Crippen molar-refractivity contribution in [1.82, 2.24) is 0 Å². The highest BCUT2D eigenvalue weighted by atomic mass is 19.1. The van der Waals surface area contributed by atoms with Crippen LogP contribution in [0.4, 0.5) is 4.39 Å². The first-order valence-corrected chi connectivity index (χ1v) is 6.12. The summed E-state index contributed by atoms with van der Waals surface area (Å²) in [6, 6.07) is 5.64. The Labute approximate surface area is 106 Å². The first-order chi connectivity index (χ1) is 8.52. The number of hydroxylamine groups is 1. The number of hydrogen-bond donors (Lipinski definition) is 0. The minimum atomic E-state index is -0.966. The van der Waals surface area contributed by atoms with Gasteiger partial charge in [0.05, 0.1) is 0 Å². The molecule has 0 aromatic heterocycles. The van der Waals surface area contributed by atoms with Crippen molar-refractivity contribution < 1.29 is 13.9 Å². The molecule has 1 aliphatic carbocycles. The monoisotopic (exact) mass is 249 g/mol. The van der Waals surface area contributed by atoms with Gasteiger partial charge in [-0.25, -0.2) is 4.39 Å². The van der Waals surface area contributed by atoms with Gasteiger partial charge in [0.25, 0.3) is 0 Å². The minimum Gasteiger partial charge on any atom is -0.623 e. The number of Topliss-reactive ketones (excluding diaryl/α,β-unsaturated/α-hetero) is 1. The third-order valence-corrected chi connectivity index (χ3v) is 3.54. The Morgan fingerprint density at radius 1 is 1.33 bits per heavy atom. The number of benzene rings is 1. The number of carbonyl (C=O) groups is 1. The number of rotatable bonds is 2. The van der Waals surface area contributed by atoms with Crippen LogP contribution < -0.4 is 0 Å². The largest absolute Gasteiger partial charge is 0.623 e. The van der Waals surface area contributed by atoms with Crippen LogP contribution in [-0.2, 0) is 4.79 Å². The second-order valence-electron chi connectivity index (χ2n) is 4.91. The lowest BCUT2D eigenvalue weighted by molar-refractivity contribution is -0.525. The van der Waals surface area contributed by atoms with Gasteiger partial charge in [0.2, 0.25) is 11.3 Å². The normalized spacial score (nSPS) is 25.2. The van der Waals surface area contributed by atoms with E-state index in [4.69, 9.17) is 0 Å². The average Bonchev–Trinajstić information content (AvgIpc) is 2.36. The van der Waals surface area contributed by atoms with E-state index in [0.29, 0.717) is 18.4 Å². The minimum absolute atomic E-state index is 0.0119. The topological polar surface area (TPSA) is 43.1 Å². The Hall–Kier alpha value is -1.71. The van der Waals surface area contributed by atoms with E-state index in [9.17, 15) is 14.4 Å². The highest BCUT2D eigenvalue weighted by Gasteiger charge is 2.42. The molecule has 0 unspecified atom stereocenters. The van der Waals surface area contributed by atoms with Crippen molar-refractivity contribution >= 4 is 12.0 Å². The zero-order chi connectivity index (χ0) is 13.2. The van der Waals surface area contributed by atoms with Gasteiger partial charge in [-0.3, -0.25) is 4.79 Å². The van der Waals surface area contributed by atoms with Crippen LogP contribution in [0.25, 0.3) is 0 Å². The molecule has 1 aliphatic rings. The van der Waals surface area contributed by atoms with E-state index in [1.165, 1.54) is 30.5 Å². The molecule has 4 heteroatoms. The predicted octanol–water partition coefficient (Wildman–Crippen LogP) is 2.66. The Bertz CT molecular complexity index is 481. The molecule has 0 bridgehead atoms. The maximum atomic E-state index is 12.8. The highest BCUT2D eigenvalue weighted by molar-refractivity contribution is 5.88. The second kappa shape index (κ2) is 4.88. The number of hydrogen-bond acceptors (Lipinski definition) is 2. The summed E-state index contributed by atoms with van der Waals surface area (Å²) in [5.74, 6) is -0.355. The first-order valence-electron chi connectivity index (χ1n) is 6.12. The smallest absolute Gasteiger partial charge is 0.227 e. The van der Waals surface area contributed by atoms with E-state index in [2.05, 4.69) is 0 Å². The lowest BCUT2D eigenvalue weighted by Crippen LogP contribution is -2.46. The van der Waals surface area contributed by atoms with Crippen molar-refractivity contribution in [1.29, 1.82) is 0 Å². The van der Waals surface area contributed by atoms with Crippen LogP contribution in [0.1, 0.15) is 38.2 Å². The zero-order valence-electron chi connectivity index (χ0n) is 10.4. The lowest BCUT2D eigenvalue weighted by Gasteiger charge is -2.30. The van der Waals surface area contributed by atoms with Crippen molar-refractivity contribution in [2.24, 2.45) is 0 Å². The van der Waals surface area contributed by atoms with E-state index in [0.717, 1.165) is 17.6 Å². The van der Waals surface area contributed by atoms with Crippen LogP contribution in [0.2, 0.25) is 0 Å². The molecule has 0 N–H and O–H groups in total. The third kappa shape index (κ3) is 2.42. The molecule has 1 saturated carbocycles. The van der Waals surface area contributed by atoms with Gasteiger partial charge < -0.3 is 5.21 Å². The molecule has 0 amide bonds. The quantitative estimate of drug-likeness (QED) is 0.350. The SMILES string of the molecule is C[C@]1(/[N+]([O-])=C/c2ccc(F)cc2)CCCCC1=O. The molecule has 0 radical (unpaired) electrons. The van der Waals surface area contributed by atoms with Crippen molar-refractivity contribution in [3.63, 3.8) is 0 Å². The van der Waals surface area contributed by atoms with Gasteiger partial charge in [0.1, 0.15) is 5.82 Å². The molecule has 96 valence electrons. The van der Waals surface area contributed by atoms with E-state index < -0.39 is 5.54 Å². The van der Waals surface area contributed by atoms with Gasteiger partial charge in [-0.15, -0.1) is 0 Å². The zero-order valence-corrected chi connectivity index (χ0v) is 10.4. The average molecular weight is 249 g/mol. The number of carbonyl (C=O) groups excluding carboxylic acids is 1. The fourth-order valence-electron chi connectivity index (χ4n) is 2.22. The van der Waals surface area contributed by atoms with Gasteiger partial charge in [0.15, 0.2) is 6.21 Å². The van der Waals surface area contributed by atoms with Crippen molar-refractivity contribution in [3.8, 4) is 0 Å². The Morgan fingerprint density at radius 2 is 2.00 bits per heavy atom. The highest BCUT2D eigenvalue weighted by Crippen LogP contribution is 2.27. The van der Waals surface area contributed by atoms with Crippen LogP contribution >= 0.6 is 0 Å². The summed E-state index contributed by atoms with van der Waals surface area (Å²) in [5.41, 5.74) is -0.363. The molecule has 0 spiro atoms. The molecular weight excluding hydrogens is 233 g/mol. The summed E-state index contributed by atoms with van der Waals surface area (Å²) in [5, 5.41) is 12.1. The standard InChI is InChI=1S/C14H16FNO2/c1-14(9-3-2-4-13(14)17)16(18)10-11-5-7-12(15)8-6-11/h5-8,10H,2-4,9H2,1H3/b16-10-/t14-/m0/s1. The summed E-state index contributed by atoms with van der Waals surface area (Å²) in [6.45, 7) is 1.68. The fraction of sp³-hybridized carbons (Fsp3) is 0.429. The van der Waals surface area contributed by atoms with Crippen molar-refractivity contribution in [3.05, 3.63) is 40.9 Å². The Kier molecular flexibility index (Phi) is 3.45. The van der Waals surface area contributed by atoms with E-state index in [1.807, 2.05) is 0 Å².